The number of allylic oxidation sites excluding steroid dienone is 2. The molecule has 1 aliphatic rings. The van der Waals surface area contributed by atoms with Gasteiger partial charge in [0.25, 0.3) is 5.69 Å². The van der Waals surface area contributed by atoms with Crippen LogP contribution >= 0.6 is 0 Å². The summed E-state index contributed by atoms with van der Waals surface area (Å²) in [5.74, 6) is -0.511. The number of anilines is 1. The van der Waals surface area contributed by atoms with Gasteiger partial charge in [-0.2, -0.15) is 0 Å². The van der Waals surface area contributed by atoms with E-state index in [4.69, 9.17) is 0 Å². The molecule has 0 bridgehead atoms. The number of carbonyl (C=O) groups is 1. The first-order valence-corrected chi connectivity index (χ1v) is 6.48. The van der Waals surface area contributed by atoms with E-state index in [-0.39, 0.29) is 41.2 Å². The van der Waals surface area contributed by atoms with Gasteiger partial charge in [-0.25, -0.2) is 0 Å². The van der Waals surface area contributed by atoms with E-state index in [0.717, 1.165) is 0 Å². The van der Waals surface area contributed by atoms with Crippen LogP contribution in [0.4, 0.5) is 11.4 Å². The molecule has 0 radical (unpaired) electrons. The maximum absolute atomic E-state index is 11.9. The van der Waals surface area contributed by atoms with Crippen molar-refractivity contribution in [3.8, 4) is 0 Å². The van der Waals surface area contributed by atoms with E-state index in [1.165, 1.54) is 18.2 Å². The molecule has 0 atom stereocenters. The number of nitro groups is 1. The molecule has 21 heavy (non-hydrogen) atoms. The summed E-state index contributed by atoms with van der Waals surface area (Å²) in [4.78, 5) is 22.1. The zero-order valence-corrected chi connectivity index (χ0v) is 11.8. The van der Waals surface area contributed by atoms with Crippen LogP contribution in [0.5, 0.6) is 0 Å². The first-order valence-electron chi connectivity index (χ1n) is 6.48. The Morgan fingerprint density at radius 1 is 1.24 bits per heavy atom. The third kappa shape index (κ3) is 3.50. The molecular formula is C14H16N3O4-. The van der Waals surface area contributed by atoms with E-state index in [1.54, 1.807) is 6.07 Å². The number of nitrogens with zero attached hydrogens (tertiary/aromatic N) is 1. The summed E-state index contributed by atoms with van der Waals surface area (Å²) in [6.45, 7) is 3.74. The third-order valence-corrected chi connectivity index (χ3v) is 3.22. The number of Topliss-reactive ketones (excluding diaryl/α,β-unsaturated/α-hetero) is 1. The summed E-state index contributed by atoms with van der Waals surface area (Å²) in [7, 11) is 0. The SMILES string of the molecule is CC1(C)CC(=O)C(NNc2cccc([N+](=O)[O-])c2)=C([O-])C1. The molecule has 0 amide bonds. The number of hydrazine groups is 1. The maximum atomic E-state index is 11.9. The standard InChI is InChI=1S/C14H17N3O4/c1-14(2)7-11(18)13(12(19)8-14)16-15-9-4-3-5-10(6-9)17(20)21/h3-6,15-16,18H,7-8H2,1-2H3/p-1. The van der Waals surface area contributed by atoms with Gasteiger partial charge in [0.1, 0.15) is 0 Å². The second kappa shape index (κ2) is 5.43. The highest BCUT2D eigenvalue weighted by molar-refractivity contribution is 5.96. The minimum absolute atomic E-state index is 0.000770. The Kier molecular flexibility index (Phi) is 3.84. The van der Waals surface area contributed by atoms with Crippen LogP contribution in [0, 0.1) is 15.5 Å². The molecular weight excluding hydrogens is 274 g/mol. The third-order valence-electron chi connectivity index (χ3n) is 3.22. The van der Waals surface area contributed by atoms with Gasteiger partial charge in [0, 0.05) is 18.6 Å². The van der Waals surface area contributed by atoms with Gasteiger partial charge < -0.3 is 10.5 Å². The van der Waals surface area contributed by atoms with Crippen LogP contribution in [0.25, 0.3) is 0 Å². The average Bonchev–Trinajstić information content (AvgIpc) is 2.36. The van der Waals surface area contributed by atoms with Crippen LogP contribution in [0.3, 0.4) is 0 Å². The van der Waals surface area contributed by atoms with Crippen molar-refractivity contribution in [2.24, 2.45) is 5.41 Å². The van der Waals surface area contributed by atoms with Gasteiger partial charge in [0.05, 0.1) is 16.3 Å². The molecule has 7 heteroatoms. The Hall–Kier alpha value is -2.57. The van der Waals surface area contributed by atoms with E-state index in [0.29, 0.717) is 5.69 Å². The molecule has 0 fully saturated rings. The van der Waals surface area contributed by atoms with E-state index in [2.05, 4.69) is 10.9 Å². The molecule has 0 heterocycles. The van der Waals surface area contributed by atoms with Gasteiger partial charge in [0.2, 0.25) is 0 Å². The van der Waals surface area contributed by atoms with Crippen molar-refractivity contribution in [2.45, 2.75) is 26.7 Å². The van der Waals surface area contributed by atoms with E-state index in [9.17, 15) is 20.0 Å². The minimum atomic E-state index is -0.516. The quantitative estimate of drug-likeness (QED) is 0.642. The summed E-state index contributed by atoms with van der Waals surface area (Å²) in [5.41, 5.74) is 5.25. The maximum Gasteiger partial charge on any atom is 0.271 e. The fourth-order valence-electron chi connectivity index (χ4n) is 2.24. The number of rotatable bonds is 4. The van der Waals surface area contributed by atoms with Crippen molar-refractivity contribution in [3.63, 3.8) is 0 Å². The lowest BCUT2D eigenvalue weighted by molar-refractivity contribution is -0.384. The molecule has 1 aromatic rings. The van der Waals surface area contributed by atoms with Crippen LogP contribution in [0.1, 0.15) is 26.7 Å². The van der Waals surface area contributed by atoms with Crippen molar-refractivity contribution in [2.75, 3.05) is 5.43 Å². The fourth-order valence-corrected chi connectivity index (χ4v) is 2.24. The van der Waals surface area contributed by atoms with Crippen molar-refractivity contribution in [3.05, 3.63) is 45.8 Å². The summed E-state index contributed by atoms with van der Waals surface area (Å²) in [6.07, 6.45) is 0.579. The molecule has 7 nitrogen and oxygen atoms in total. The van der Waals surface area contributed by atoms with Crippen molar-refractivity contribution in [1.82, 2.24) is 5.43 Å². The van der Waals surface area contributed by atoms with Gasteiger partial charge in [-0.05, 0) is 17.9 Å². The molecule has 2 rings (SSSR count). The van der Waals surface area contributed by atoms with Crippen LogP contribution in [-0.2, 0) is 4.79 Å². The number of benzene rings is 1. The first-order chi connectivity index (χ1) is 9.78. The summed E-state index contributed by atoms with van der Waals surface area (Å²) in [6, 6.07) is 5.79. The van der Waals surface area contributed by atoms with E-state index < -0.39 is 4.92 Å². The number of carbonyl (C=O) groups excluding carboxylic acids is 1. The Balaban J connectivity index is 2.11. The lowest BCUT2D eigenvalue weighted by Gasteiger charge is -2.35. The number of nitrogens with one attached hydrogen (secondary N) is 2. The van der Waals surface area contributed by atoms with Gasteiger partial charge in [-0.1, -0.05) is 19.9 Å². The molecule has 0 aliphatic heterocycles. The Labute approximate surface area is 121 Å². The van der Waals surface area contributed by atoms with Gasteiger partial charge in [-0.15, -0.1) is 5.76 Å². The highest BCUT2D eigenvalue weighted by atomic mass is 16.6. The largest absolute Gasteiger partial charge is 0.874 e. The Morgan fingerprint density at radius 2 is 1.95 bits per heavy atom. The van der Waals surface area contributed by atoms with E-state index in [1.807, 2.05) is 13.8 Å². The fraction of sp³-hybridized carbons (Fsp3) is 0.357. The number of ketones is 1. The second-order valence-corrected chi connectivity index (χ2v) is 5.80. The summed E-state index contributed by atoms with van der Waals surface area (Å²) in [5, 5.41) is 22.6. The normalized spacial score (nSPS) is 17.5. The molecule has 0 unspecified atom stereocenters. The average molecular weight is 290 g/mol. The number of hydrogen-bond donors (Lipinski definition) is 2. The zero-order valence-electron chi connectivity index (χ0n) is 11.8. The lowest BCUT2D eigenvalue weighted by Crippen LogP contribution is -2.37. The Morgan fingerprint density at radius 3 is 2.57 bits per heavy atom. The molecule has 1 aliphatic carbocycles. The molecule has 2 N–H and O–H groups in total. The van der Waals surface area contributed by atoms with Crippen LogP contribution in [0.15, 0.2) is 35.7 Å². The van der Waals surface area contributed by atoms with Crippen LogP contribution in [0.2, 0.25) is 0 Å². The number of non-ortho nitro benzene ring substituents is 1. The second-order valence-electron chi connectivity index (χ2n) is 5.80. The van der Waals surface area contributed by atoms with Gasteiger partial charge in [0.15, 0.2) is 5.78 Å². The highest BCUT2D eigenvalue weighted by Crippen LogP contribution is 2.33. The number of nitro benzene ring substituents is 1. The van der Waals surface area contributed by atoms with Crippen LogP contribution in [-0.4, -0.2) is 10.7 Å². The molecule has 0 aromatic heterocycles. The van der Waals surface area contributed by atoms with Crippen LogP contribution < -0.4 is 16.0 Å². The molecule has 0 saturated heterocycles. The van der Waals surface area contributed by atoms with E-state index >= 15 is 0 Å². The lowest BCUT2D eigenvalue weighted by atomic mass is 9.78. The molecule has 112 valence electrons. The molecule has 0 spiro atoms. The molecule has 0 saturated carbocycles. The minimum Gasteiger partial charge on any atom is -0.874 e. The topological polar surface area (TPSA) is 107 Å². The van der Waals surface area contributed by atoms with Crippen molar-refractivity contribution in [1.29, 1.82) is 0 Å². The smallest absolute Gasteiger partial charge is 0.271 e. The van der Waals surface area contributed by atoms with Gasteiger partial charge >= 0.3 is 0 Å². The van der Waals surface area contributed by atoms with Crippen molar-refractivity contribution >= 4 is 17.2 Å². The zero-order chi connectivity index (χ0) is 15.6. The monoisotopic (exact) mass is 290 g/mol. The predicted molar refractivity (Wildman–Crippen MR) is 74.9 cm³/mol. The first kappa shape index (κ1) is 14.8. The Bertz CT molecular complexity index is 622. The van der Waals surface area contributed by atoms with Gasteiger partial charge in [-0.3, -0.25) is 20.3 Å². The predicted octanol–water partition coefficient (Wildman–Crippen LogP) is 1.47. The number of hydrogen-bond acceptors (Lipinski definition) is 6. The van der Waals surface area contributed by atoms with Crippen molar-refractivity contribution < 1.29 is 14.8 Å². The summed E-state index contributed by atoms with van der Waals surface area (Å²) >= 11 is 0. The molecule has 1 aromatic carbocycles. The highest BCUT2D eigenvalue weighted by Gasteiger charge is 2.29. The summed E-state index contributed by atoms with van der Waals surface area (Å²) < 4.78 is 0.